The van der Waals surface area contributed by atoms with E-state index in [1.54, 1.807) is 0 Å². The Labute approximate surface area is 94.6 Å². The van der Waals surface area contributed by atoms with Gasteiger partial charge in [-0.2, -0.15) is 18.2 Å². The molecule has 0 saturated carbocycles. The summed E-state index contributed by atoms with van der Waals surface area (Å²) in [7, 11) is 0. The molecule has 0 fully saturated rings. The number of rotatable bonds is 0. The molecule has 8 heteroatoms. The van der Waals surface area contributed by atoms with Crippen LogP contribution >= 0.6 is 0 Å². The molecule has 0 radical (unpaired) electrons. The summed E-state index contributed by atoms with van der Waals surface area (Å²) >= 11 is 0. The van der Waals surface area contributed by atoms with Crippen LogP contribution < -0.4 is 15.0 Å². The van der Waals surface area contributed by atoms with Gasteiger partial charge in [0.15, 0.2) is 5.82 Å². The van der Waals surface area contributed by atoms with Gasteiger partial charge in [0, 0.05) is 13.1 Å². The summed E-state index contributed by atoms with van der Waals surface area (Å²) in [6, 6.07) is 0. The van der Waals surface area contributed by atoms with E-state index < -0.39 is 12.0 Å². The van der Waals surface area contributed by atoms with Gasteiger partial charge in [-0.1, -0.05) is 0 Å². The number of nitrogens with zero attached hydrogens (tertiary/aromatic N) is 3. The van der Waals surface area contributed by atoms with E-state index in [-0.39, 0.29) is 11.7 Å². The van der Waals surface area contributed by atoms with Gasteiger partial charge in [-0.05, 0) is 0 Å². The van der Waals surface area contributed by atoms with Crippen LogP contribution in [0, 0.1) is 0 Å². The molecule has 0 spiro atoms. The van der Waals surface area contributed by atoms with E-state index in [0.717, 1.165) is 6.54 Å². The fourth-order valence-electron chi connectivity index (χ4n) is 1.97. The number of hydrogen-bond acceptors (Lipinski definition) is 5. The first-order valence-corrected chi connectivity index (χ1v) is 5.16. The van der Waals surface area contributed by atoms with Crippen molar-refractivity contribution in [3.05, 3.63) is 5.82 Å². The van der Waals surface area contributed by atoms with Crippen LogP contribution in [0.15, 0.2) is 0 Å². The summed E-state index contributed by atoms with van der Waals surface area (Å²) in [4.78, 5) is 8.88. The molecule has 0 bridgehead atoms. The maximum absolute atomic E-state index is 12.6. The molecule has 0 aromatic carbocycles. The molecule has 0 unspecified atom stereocenters. The molecule has 1 N–H and O–H groups in total. The van der Waals surface area contributed by atoms with Crippen LogP contribution in [0.4, 0.5) is 24.7 Å². The van der Waals surface area contributed by atoms with E-state index in [4.69, 9.17) is 4.74 Å². The topological polar surface area (TPSA) is 50.3 Å². The Bertz CT molecular complexity index is 431. The molecular formula is C9H9F3N4O. The van der Waals surface area contributed by atoms with Crippen LogP contribution in [0.2, 0.25) is 0 Å². The van der Waals surface area contributed by atoms with Crippen molar-refractivity contribution in [3.8, 4) is 5.88 Å². The van der Waals surface area contributed by atoms with Crippen molar-refractivity contribution in [1.29, 1.82) is 0 Å². The fraction of sp³-hybridized carbons (Fsp3) is 0.556. The lowest BCUT2D eigenvalue weighted by atomic mass is 10.2. The van der Waals surface area contributed by atoms with Crippen LogP contribution in [-0.4, -0.2) is 36.2 Å². The van der Waals surface area contributed by atoms with Crippen LogP contribution in [-0.2, 0) is 6.18 Å². The number of ether oxygens (including phenoxy) is 1. The highest BCUT2D eigenvalue weighted by Gasteiger charge is 2.38. The Morgan fingerprint density at radius 1 is 1.24 bits per heavy atom. The molecule has 1 aromatic heterocycles. The number of alkyl halides is 3. The number of hydrogen-bond donors (Lipinski definition) is 1. The number of nitrogens with one attached hydrogen (secondary N) is 1. The van der Waals surface area contributed by atoms with Crippen molar-refractivity contribution in [1.82, 2.24) is 9.97 Å². The van der Waals surface area contributed by atoms with Crippen LogP contribution in [0.5, 0.6) is 5.88 Å². The third-order valence-corrected chi connectivity index (χ3v) is 2.70. The van der Waals surface area contributed by atoms with Gasteiger partial charge >= 0.3 is 6.18 Å². The second-order valence-electron chi connectivity index (χ2n) is 3.81. The molecule has 3 rings (SSSR count). The second kappa shape index (κ2) is 3.38. The SMILES string of the molecule is FC(F)(F)c1nc2c3c(n1)OCCN3CCN2. The Kier molecular flexibility index (Phi) is 2.07. The van der Waals surface area contributed by atoms with Crippen LogP contribution in [0.1, 0.15) is 5.82 Å². The Balaban J connectivity index is 2.15. The smallest absolute Gasteiger partial charge is 0.451 e. The average molecular weight is 246 g/mol. The molecule has 2 aliphatic rings. The summed E-state index contributed by atoms with van der Waals surface area (Å²) in [5, 5.41) is 2.84. The lowest BCUT2D eigenvalue weighted by Gasteiger charge is -2.35. The average Bonchev–Trinajstić information content (AvgIpc) is 2.28. The zero-order valence-corrected chi connectivity index (χ0v) is 8.71. The van der Waals surface area contributed by atoms with Crippen molar-refractivity contribution in [2.45, 2.75) is 6.18 Å². The summed E-state index contributed by atoms with van der Waals surface area (Å²) in [6.45, 7) is 2.29. The van der Waals surface area contributed by atoms with Crippen molar-refractivity contribution in [2.75, 3.05) is 36.5 Å². The minimum Gasteiger partial charge on any atom is -0.474 e. The summed E-state index contributed by atoms with van der Waals surface area (Å²) in [5.74, 6) is -0.948. The van der Waals surface area contributed by atoms with E-state index >= 15 is 0 Å². The van der Waals surface area contributed by atoms with Gasteiger partial charge in [-0.3, -0.25) is 0 Å². The number of aromatic nitrogens is 2. The molecule has 0 aliphatic carbocycles. The van der Waals surface area contributed by atoms with Gasteiger partial charge in [0.25, 0.3) is 0 Å². The van der Waals surface area contributed by atoms with Crippen molar-refractivity contribution in [3.63, 3.8) is 0 Å². The lowest BCUT2D eigenvalue weighted by molar-refractivity contribution is -0.145. The third kappa shape index (κ3) is 1.63. The van der Waals surface area contributed by atoms with Gasteiger partial charge < -0.3 is 15.0 Å². The summed E-state index contributed by atoms with van der Waals surface area (Å²) in [5.41, 5.74) is 0.538. The van der Waals surface area contributed by atoms with E-state index in [1.807, 2.05) is 4.90 Å². The molecule has 0 atom stereocenters. The monoisotopic (exact) mass is 246 g/mol. The molecular weight excluding hydrogens is 237 g/mol. The van der Waals surface area contributed by atoms with E-state index in [2.05, 4.69) is 15.3 Å². The highest BCUT2D eigenvalue weighted by atomic mass is 19.4. The van der Waals surface area contributed by atoms with E-state index in [9.17, 15) is 13.2 Å². The molecule has 1 aromatic rings. The first kappa shape index (κ1) is 10.4. The predicted molar refractivity (Wildman–Crippen MR) is 53.2 cm³/mol. The highest BCUT2D eigenvalue weighted by Crippen LogP contribution is 2.40. The summed E-state index contributed by atoms with van der Waals surface area (Å²) in [6.07, 6.45) is -4.56. The molecule has 0 amide bonds. The quantitative estimate of drug-likeness (QED) is 0.743. The first-order valence-electron chi connectivity index (χ1n) is 5.16. The van der Waals surface area contributed by atoms with Crippen molar-refractivity contribution >= 4 is 11.5 Å². The first-order chi connectivity index (χ1) is 8.05. The van der Waals surface area contributed by atoms with E-state index in [0.29, 0.717) is 25.4 Å². The zero-order valence-electron chi connectivity index (χ0n) is 8.71. The molecule has 17 heavy (non-hydrogen) atoms. The normalized spacial score (nSPS) is 18.2. The van der Waals surface area contributed by atoms with Gasteiger partial charge in [-0.25, -0.2) is 4.98 Å². The fourth-order valence-corrected chi connectivity index (χ4v) is 1.97. The maximum atomic E-state index is 12.6. The van der Waals surface area contributed by atoms with Crippen molar-refractivity contribution < 1.29 is 17.9 Å². The third-order valence-electron chi connectivity index (χ3n) is 2.70. The van der Waals surface area contributed by atoms with Crippen LogP contribution in [0.25, 0.3) is 0 Å². The number of halogens is 3. The largest absolute Gasteiger partial charge is 0.474 e. The Morgan fingerprint density at radius 2 is 2.06 bits per heavy atom. The van der Waals surface area contributed by atoms with Gasteiger partial charge in [-0.15, -0.1) is 0 Å². The molecule has 2 aliphatic heterocycles. The highest BCUT2D eigenvalue weighted by molar-refractivity contribution is 5.74. The lowest BCUT2D eigenvalue weighted by Crippen LogP contribution is -2.41. The standard InChI is InChI=1S/C9H9F3N4O/c10-9(11,12)8-14-6-5-7(15-8)17-4-3-16(5)2-1-13-6/h1-4H2,(H,13,14,15). The van der Waals surface area contributed by atoms with Gasteiger partial charge in [0.2, 0.25) is 11.7 Å². The summed E-state index contributed by atoms with van der Waals surface area (Å²) < 4.78 is 42.9. The van der Waals surface area contributed by atoms with Gasteiger partial charge in [0.1, 0.15) is 12.3 Å². The predicted octanol–water partition coefficient (Wildman–Crippen LogP) is 1.12. The van der Waals surface area contributed by atoms with Crippen molar-refractivity contribution in [2.24, 2.45) is 0 Å². The minimum absolute atomic E-state index is 0.0146. The number of anilines is 2. The molecule has 5 nitrogen and oxygen atoms in total. The van der Waals surface area contributed by atoms with Crippen LogP contribution in [0.3, 0.4) is 0 Å². The Hall–Kier alpha value is -1.73. The molecule has 92 valence electrons. The Morgan fingerprint density at radius 3 is 2.82 bits per heavy atom. The van der Waals surface area contributed by atoms with E-state index in [1.165, 1.54) is 0 Å². The zero-order chi connectivity index (χ0) is 12.0. The minimum atomic E-state index is -4.56. The second-order valence-corrected chi connectivity index (χ2v) is 3.81. The molecule has 3 heterocycles. The van der Waals surface area contributed by atoms with Gasteiger partial charge in [0.05, 0.1) is 6.54 Å². The molecule has 0 saturated heterocycles. The maximum Gasteiger partial charge on any atom is 0.451 e.